The first-order valence-corrected chi connectivity index (χ1v) is 11.6. The number of nitrogens with zero attached hydrogens (tertiary/aromatic N) is 2. The van der Waals surface area contributed by atoms with Gasteiger partial charge < -0.3 is 15.4 Å². The van der Waals surface area contributed by atoms with Crippen molar-refractivity contribution in [2.24, 2.45) is 11.8 Å². The molecule has 3 atom stereocenters. The normalized spacial score (nSPS) is 25.4. The number of hydrogen-bond donors (Lipinski definition) is 2. The van der Waals surface area contributed by atoms with Crippen molar-refractivity contribution in [1.82, 2.24) is 20.4 Å². The van der Waals surface area contributed by atoms with Crippen LogP contribution in [0.2, 0.25) is 0 Å². The summed E-state index contributed by atoms with van der Waals surface area (Å²) in [6, 6.07) is 8.27. The first-order valence-electron chi connectivity index (χ1n) is 11.2. The Morgan fingerprint density at radius 3 is 2.81 bits per heavy atom. The fraction of sp³-hybridized carbons (Fsp3) is 0.565. The zero-order chi connectivity index (χ0) is 22.7. The molecule has 2 fully saturated rings. The summed E-state index contributed by atoms with van der Waals surface area (Å²) in [5.74, 6) is -1.10. The first-order chi connectivity index (χ1) is 15.5. The number of rotatable bonds is 6. The maximum Gasteiger partial charge on any atom is 0.308 e. The molecule has 2 amide bonds. The van der Waals surface area contributed by atoms with Crippen molar-refractivity contribution in [3.63, 3.8) is 0 Å². The summed E-state index contributed by atoms with van der Waals surface area (Å²) < 4.78 is 4.84. The minimum absolute atomic E-state index is 0.0862. The summed E-state index contributed by atoms with van der Waals surface area (Å²) in [4.78, 5) is 41.0. The minimum atomic E-state index is -0.274. The number of nitrogens with one attached hydrogen (secondary N) is 2. The number of thiocarbonyl (C=S) groups is 1. The highest BCUT2D eigenvalue weighted by Gasteiger charge is 2.44. The number of carbonyl (C=O) groups excluding carboxylic acids is 3. The highest BCUT2D eigenvalue weighted by molar-refractivity contribution is 7.80. The van der Waals surface area contributed by atoms with Crippen LogP contribution in [0.5, 0.6) is 0 Å². The maximum absolute atomic E-state index is 13.0. The molecule has 172 valence electrons. The van der Waals surface area contributed by atoms with Crippen LogP contribution in [0.25, 0.3) is 0 Å². The lowest BCUT2D eigenvalue weighted by Crippen LogP contribution is -2.63. The van der Waals surface area contributed by atoms with Gasteiger partial charge in [-0.3, -0.25) is 24.2 Å². The van der Waals surface area contributed by atoms with E-state index >= 15 is 0 Å². The van der Waals surface area contributed by atoms with Gasteiger partial charge in [0.25, 0.3) is 0 Å². The smallest absolute Gasteiger partial charge is 0.308 e. The molecule has 8 nitrogen and oxygen atoms in total. The van der Waals surface area contributed by atoms with E-state index in [1.54, 1.807) is 0 Å². The highest BCUT2D eigenvalue weighted by Crippen LogP contribution is 2.33. The molecule has 0 spiro atoms. The molecule has 4 rings (SSSR count). The Bertz CT molecular complexity index is 908. The van der Waals surface area contributed by atoms with Crippen LogP contribution in [0, 0.1) is 11.8 Å². The number of fused-ring (bicyclic) bond motifs is 2. The first kappa shape index (κ1) is 22.7. The molecule has 2 heterocycles. The Balaban J connectivity index is 1.24. The van der Waals surface area contributed by atoms with Gasteiger partial charge in [0.15, 0.2) is 5.11 Å². The van der Waals surface area contributed by atoms with E-state index in [-0.39, 0.29) is 47.3 Å². The third-order valence-electron chi connectivity index (χ3n) is 6.78. The van der Waals surface area contributed by atoms with Gasteiger partial charge in [0, 0.05) is 32.2 Å². The van der Waals surface area contributed by atoms with Gasteiger partial charge in [0.05, 0.1) is 18.9 Å². The van der Waals surface area contributed by atoms with Crippen molar-refractivity contribution < 1.29 is 19.1 Å². The van der Waals surface area contributed by atoms with E-state index in [4.69, 9.17) is 17.0 Å². The van der Waals surface area contributed by atoms with Crippen LogP contribution in [-0.4, -0.2) is 72.0 Å². The molecule has 0 aromatic heterocycles. The van der Waals surface area contributed by atoms with E-state index in [0.717, 1.165) is 26.1 Å². The van der Waals surface area contributed by atoms with Gasteiger partial charge in [-0.2, -0.15) is 0 Å². The second-order valence-electron chi connectivity index (χ2n) is 8.76. The predicted octanol–water partition coefficient (Wildman–Crippen LogP) is 0.836. The molecule has 0 bridgehead atoms. The fourth-order valence-electron chi connectivity index (χ4n) is 4.99. The summed E-state index contributed by atoms with van der Waals surface area (Å²) in [6.07, 6.45) is 2.72. The summed E-state index contributed by atoms with van der Waals surface area (Å²) in [6.45, 7) is 3.06. The zero-order valence-electron chi connectivity index (χ0n) is 18.3. The average molecular weight is 459 g/mol. The Hall–Kier alpha value is -2.52. The second kappa shape index (κ2) is 9.95. The Morgan fingerprint density at radius 1 is 1.25 bits per heavy atom. The summed E-state index contributed by atoms with van der Waals surface area (Å²) in [5.41, 5.74) is 2.74. The number of amides is 2. The highest BCUT2D eigenvalue weighted by atomic mass is 32.1. The van der Waals surface area contributed by atoms with Crippen LogP contribution < -0.4 is 10.6 Å². The van der Waals surface area contributed by atoms with Crippen LogP contribution in [0.4, 0.5) is 0 Å². The van der Waals surface area contributed by atoms with E-state index in [1.165, 1.54) is 23.1 Å². The third-order valence-corrected chi connectivity index (χ3v) is 7.12. The molecule has 9 heteroatoms. The largest absolute Gasteiger partial charge is 0.469 e. The van der Waals surface area contributed by atoms with E-state index < -0.39 is 0 Å². The van der Waals surface area contributed by atoms with Crippen molar-refractivity contribution in [1.29, 1.82) is 0 Å². The SMILES string of the molecule is COC(=O)C1CCC2C(=O)N(CC(=O)NCCN3CCc4ccccc4C3)C(=S)NC2C1. The molecule has 1 aromatic carbocycles. The van der Waals surface area contributed by atoms with E-state index in [1.807, 2.05) is 0 Å². The van der Waals surface area contributed by atoms with Crippen LogP contribution in [0.1, 0.15) is 30.4 Å². The van der Waals surface area contributed by atoms with Gasteiger partial charge in [-0.25, -0.2) is 0 Å². The molecule has 3 unspecified atom stereocenters. The van der Waals surface area contributed by atoms with E-state index in [9.17, 15) is 14.4 Å². The molecule has 1 aliphatic carbocycles. The average Bonchev–Trinajstić information content (AvgIpc) is 2.80. The quantitative estimate of drug-likeness (QED) is 0.482. The molecule has 2 N–H and O–H groups in total. The lowest BCUT2D eigenvalue weighted by molar-refractivity contribution is -0.149. The fourth-order valence-corrected chi connectivity index (χ4v) is 5.30. The molecule has 3 aliphatic rings. The summed E-state index contributed by atoms with van der Waals surface area (Å²) in [5, 5.41) is 6.35. The van der Waals surface area contributed by atoms with Crippen molar-refractivity contribution in [3.05, 3.63) is 35.4 Å². The Labute approximate surface area is 193 Å². The maximum atomic E-state index is 13.0. The van der Waals surface area contributed by atoms with Crippen LogP contribution in [0.3, 0.4) is 0 Å². The molecule has 2 aliphatic heterocycles. The van der Waals surface area contributed by atoms with Gasteiger partial charge in [-0.05, 0) is 49.0 Å². The topological polar surface area (TPSA) is 91.0 Å². The number of carbonyl (C=O) groups is 3. The Kier molecular flexibility index (Phi) is 7.05. The monoisotopic (exact) mass is 458 g/mol. The molecule has 1 saturated carbocycles. The standard InChI is InChI=1S/C23H30N4O4S/c1-31-22(30)16-6-7-18-19(12-16)25-23(32)27(21(18)29)14-20(28)24-9-11-26-10-8-15-4-2-3-5-17(15)13-26/h2-5,16,18-19H,6-14H2,1H3,(H,24,28)(H,25,32). The predicted molar refractivity (Wildman–Crippen MR) is 123 cm³/mol. The minimum Gasteiger partial charge on any atom is -0.469 e. The molecule has 32 heavy (non-hydrogen) atoms. The van der Waals surface area contributed by atoms with Crippen LogP contribution >= 0.6 is 12.2 Å². The molecule has 0 radical (unpaired) electrons. The van der Waals surface area contributed by atoms with E-state index in [2.05, 4.69) is 39.8 Å². The summed E-state index contributed by atoms with van der Waals surface area (Å²) in [7, 11) is 1.38. The van der Waals surface area contributed by atoms with Crippen molar-refractivity contribution >= 4 is 35.1 Å². The lowest BCUT2D eigenvalue weighted by atomic mass is 9.76. The molecule has 1 aromatic rings. The van der Waals surface area contributed by atoms with Crippen molar-refractivity contribution in [2.45, 2.75) is 38.3 Å². The summed E-state index contributed by atoms with van der Waals surface area (Å²) >= 11 is 5.37. The number of methoxy groups -OCH3 is 1. The van der Waals surface area contributed by atoms with Gasteiger partial charge >= 0.3 is 5.97 Å². The third kappa shape index (κ3) is 4.94. The van der Waals surface area contributed by atoms with Crippen LogP contribution in [0.15, 0.2) is 24.3 Å². The van der Waals surface area contributed by atoms with Gasteiger partial charge in [0.1, 0.15) is 6.54 Å². The molecular weight excluding hydrogens is 428 g/mol. The van der Waals surface area contributed by atoms with E-state index in [0.29, 0.717) is 25.8 Å². The Morgan fingerprint density at radius 2 is 2.03 bits per heavy atom. The number of hydrogen-bond acceptors (Lipinski definition) is 6. The van der Waals surface area contributed by atoms with Crippen molar-refractivity contribution in [3.8, 4) is 0 Å². The van der Waals surface area contributed by atoms with Gasteiger partial charge in [-0.1, -0.05) is 24.3 Å². The molecule has 1 saturated heterocycles. The van der Waals surface area contributed by atoms with Crippen molar-refractivity contribution in [2.75, 3.05) is 33.3 Å². The van der Waals surface area contributed by atoms with Gasteiger partial charge in [0.2, 0.25) is 11.8 Å². The van der Waals surface area contributed by atoms with Crippen LogP contribution in [-0.2, 0) is 32.1 Å². The lowest BCUT2D eigenvalue weighted by Gasteiger charge is -2.43. The number of benzene rings is 1. The number of ether oxygens (including phenoxy) is 1. The number of esters is 1. The second-order valence-corrected chi connectivity index (χ2v) is 9.15. The van der Waals surface area contributed by atoms with Gasteiger partial charge in [-0.15, -0.1) is 0 Å². The zero-order valence-corrected chi connectivity index (χ0v) is 19.2. The molecular formula is C23H30N4O4S.